The zero-order valence-electron chi connectivity index (χ0n) is 13.8. The van der Waals surface area contributed by atoms with Crippen LogP contribution in [0.4, 0.5) is 0 Å². The van der Waals surface area contributed by atoms with E-state index in [2.05, 4.69) is 36.4 Å². The van der Waals surface area contributed by atoms with Crippen LogP contribution in [-0.2, 0) is 6.54 Å². The fourth-order valence-electron chi connectivity index (χ4n) is 2.20. The largest absolute Gasteiger partial charge is 0.350 e. The molecule has 1 aromatic heterocycles. The highest BCUT2D eigenvalue weighted by atomic mass is 35.5. The summed E-state index contributed by atoms with van der Waals surface area (Å²) >= 11 is 0. The molecule has 0 aliphatic heterocycles. The van der Waals surface area contributed by atoms with Crippen LogP contribution in [0.2, 0.25) is 0 Å². The first kappa shape index (κ1) is 19.2. The van der Waals surface area contributed by atoms with Crippen LogP contribution in [0.15, 0.2) is 36.7 Å². The molecule has 2 aromatic rings. The number of hydrogen-bond donors (Lipinski definition) is 2. The standard InChI is InChI=1S/C17H24N4O.ClH/c1-4-21-11-15(9-20-21)17(22)19-10-16(18)14-7-5-13(6-8-14)12(2)3;/h5-9,11-12,16H,4,10,18H2,1-3H3,(H,19,22);1H. The van der Waals surface area contributed by atoms with Crippen LogP contribution >= 0.6 is 12.4 Å². The van der Waals surface area contributed by atoms with Gasteiger partial charge in [0.1, 0.15) is 0 Å². The van der Waals surface area contributed by atoms with Crippen molar-refractivity contribution in [3.63, 3.8) is 0 Å². The molecule has 0 fully saturated rings. The lowest BCUT2D eigenvalue weighted by Crippen LogP contribution is -2.31. The molecule has 126 valence electrons. The van der Waals surface area contributed by atoms with Gasteiger partial charge in [0, 0.05) is 25.3 Å². The summed E-state index contributed by atoms with van der Waals surface area (Å²) in [5, 5.41) is 6.95. The van der Waals surface area contributed by atoms with Crippen LogP contribution in [-0.4, -0.2) is 22.2 Å². The van der Waals surface area contributed by atoms with E-state index in [1.807, 2.05) is 19.1 Å². The van der Waals surface area contributed by atoms with Crippen molar-refractivity contribution < 1.29 is 4.79 Å². The third-order valence-corrected chi connectivity index (χ3v) is 3.73. The first-order valence-electron chi connectivity index (χ1n) is 7.67. The maximum Gasteiger partial charge on any atom is 0.254 e. The highest BCUT2D eigenvalue weighted by molar-refractivity contribution is 5.93. The summed E-state index contributed by atoms with van der Waals surface area (Å²) in [4.78, 5) is 12.0. The van der Waals surface area contributed by atoms with Gasteiger partial charge in [-0.05, 0) is 24.0 Å². The minimum absolute atomic E-state index is 0. The normalized spacial score (nSPS) is 11.9. The van der Waals surface area contributed by atoms with Crippen molar-refractivity contribution in [1.29, 1.82) is 0 Å². The van der Waals surface area contributed by atoms with Crippen molar-refractivity contribution >= 4 is 18.3 Å². The molecule has 23 heavy (non-hydrogen) atoms. The number of halogens is 1. The summed E-state index contributed by atoms with van der Waals surface area (Å²) in [5.74, 6) is 0.356. The number of carbonyl (C=O) groups is 1. The number of hydrogen-bond acceptors (Lipinski definition) is 3. The minimum Gasteiger partial charge on any atom is -0.350 e. The van der Waals surface area contributed by atoms with Gasteiger partial charge in [-0.1, -0.05) is 38.1 Å². The van der Waals surface area contributed by atoms with Crippen LogP contribution < -0.4 is 11.1 Å². The molecule has 0 bridgehead atoms. The third kappa shape index (κ3) is 5.08. The zero-order valence-corrected chi connectivity index (χ0v) is 14.6. The molecule has 2 rings (SSSR count). The molecular weight excluding hydrogens is 312 g/mol. The van der Waals surface area contributed by atoms with Gasteiger partial charge in [0.15, 0.2) is 0 Å². The van der Waals surface area contributed by atoms with Crippen LogP contribution in [0.25, 0.3) is 0 Å². The van der Waals surface area contributed by atoms with Gasteiger partial charge in [-0.3, -0.25) is 9.48 Å². The molecule has 0 saturated heterocycles. The number of nitrogens with one attached hydrogen (secondary N) is 1. The summed E-state index contributed by atoms with van der Waals surface area (Å²) in [6, 6.07) is 8.02. The molecule has 3 N–H and O–H groups in total. The Morgan fingerprint density at radius 3 is 2.39 bits per heavy atom. The van der Waals surface area contributed by atoms with Gasteiger partial charge in [0.25, 0.3) is 5.91 Å². The third-order valence-electron chi connectivity index (χ3n) is 3.73. The van der Waals surface area contributed by atoms with Crippen LogP contribution in [0.3, 0.4) is 0 Å². The summed E-state index contributed by atoms with van der Waals surface area (Å²) in [5.41, 5.74) is 9.01. The van der Waals surface area contributed by atoms with Gasteiger partial charge in [-0.15, -0.1) is 12.4 Å². The van der Waals surface area contributed by atoms with Crippen molar-refractivity contribution in [2.75, 3.05) is 6.54 Å². The minimum atomic E-state index is -0.216. The Bertz CT molecular complexity index is 622. The number of rotatable bonds is 6. The first-order chi connectivity index (χ1) is 10.5. The van der Waals surface area contributed by atoms with E-state index in [0.29, 0.717) is 18.0 Å². The van der Waals surface area contributed by atoms with E-state index in [4.69, 9.17) is 5.73 Å². The van der Waals surface area contributed by atoms with Gasteiger partial charge in [-0.2, -0.15) is 5.10 Å². The second-order valence-electron chi connectivity index (χ2n) is 5.72. The van der Waals surface area contributed by atoms with E-state index >= 15 is 0 Å². The number of aryl methyl sites for hydroxylation is 1. The van der Waals surface area contributed by atoms with Crippen molar-refractivity contribution in [2.24, 2.45) is 5.73 Å². The monoisotopic (exact) mass is 336 g/mol. The van der Waals surface area contributed by atoms with Gasteiger partial charge in [0.2, 0.25) is 0 Å². The zero-order chi connectivity index (χ0) is 16.1. The van der Waals surface area contributed by atoms with Crippen LogP contribution in [0.5, 0.6) is 0 Å². The Labute approximate surface area is 143 Å². The van der Waals surface area contributed by atoms with Gasteiger partial charge in [-0.25, -0.2) is 0 Å². The number of nitrogens with two attached hydrogens (primary N) is 1. The average molecular weight is 337 g/mol. The van der Waals surface area contributed by atoms with E-state index < -0.39 is 0 Å². The molecule has 0 aliphatic carbocycles. The number of carbonyl (C=O) groups excluding carboxylic acids is 1. The molecule has 1 aromatic carbocycles. The predicted molar refractivity (Wildman–Crippen MR) is 94.9 cm³/mol. The van der Waals surface area contributed by atoms with Crippen molar-refractivity contribution in [2.45, 2.75) is 39.3 Å². The molecule has 0 saturated carbocycles. The SMILES string of the molecule is CCn1cc(C(=O)NCC(N)c2ccc(C(C)C)cc2)cn1.Cl. The van der Waals surface area contributed by atoms with Crippen LogP contribution in [0, 0.1) is 0 Å². The second kappa shape index (κ2) is 8.70. The summed E-state index contributed by atoms with van der Waals surface area (Å²) in [7, 11) is 0. The quantitative estimate of drug-likeness (QED) is 0.851. The number of benzene rings is 1. The summed E-state index contributed by atoms with van der Waals surface area (Å²) < 4.78 is 1.72. The average Bonchev–Trinajstić information content (AvgIpc) is 3.01. The van der Waals surface area contributed by atoms with E-state index in [9.17, 15) is 4.79 Å². The molecule has 1 unspecified atom stereocenters. The van der Waals surface area contributed by atoms with E-state index in [1.54, 1.807) is 17.1 Å². The highest BCUT2D eigenvalue weighted by Crippen LogP contribution is 2.17. The molecule has 1 amide bonds. The predicted octanol–water partition coefficient (Wildman–Crippen LogP) is 2.88. The Kier molecular flexibility index (Phi) is 7.26. The molecule has 6 heteroatoms. The van der Waals surface area contributed by atoms with Gasteiger partial charge < -0.3 is 11.1 Å². The van der Waals surface area contributed by atoms with Gasteiger partial charge in [0.05, 0.1) is 11.8 Å². The molecule has 5 nitrogen and oxygen atoms in total. The molecule has 0 aliphatic rings. The van der Waals surface area contributed by atoms with Crippen LogP contribution in [0.1, 0.15) is 54.2 Å². The van der Waals surface area contributed by atoms with E-state index in [0.717, 1.165) is 12.1 Å². The number of nitrogens with zero attached hydrogens (tertiary/aromatic N) is 2. The fraction of sp³-hybridized carbons (Fsp3) is 0.412. The lowest BCUT2D eigenvalue weighted by molar-refractivity contribution is 0.0951. The number of aromatic nitrogens is 2. The Balaban J connectivity index is 0.00000264. The van der Waals surface area contributed by atoms with Gasteiger partial charge >= 0.3 is 0 Å². The Morgan fingerprint density at radius 2 is 1.87 bits per heavy atom. The maximum atomic E-state index is 12.0. The smallest absolute Gasteiger partial charge is 0.254 e. The molecule has 1 heterocycles. The topological polar surface area (TPSA) is 72.9 Å². The summed E-state index contributed by atoms with van der Waals surface area (Å²) in [6.45, 7) is 7.44. The highest BCUT2D eigenvalue weighted by Gasteiger charge is 2.11. The second-order valence-corrected chi connectivity index (χ2v) is 5.72. The van der Waals surface area contributed by atoms with Crippen molar-refractivity contribution in [3.05, 3.63) is 53.3 Å². The summed E-state index contributed by atoms with van der Waals surface area (Å²) in [6.07, 6.45) is 3.31. The first-order valence-corrected chi connectivity index (χ1v) is 7.67. The van der Waals surface area contributed by atoms with E-state index in [-0.39, 0.29) is 24.4 Å². The van der Waals surface area contributed by atoms with Crippen molar-refractivity contribution in [1.82, 2.24) is 15.1 Å². The molecule has 0 spiro atoms. The lowest BCUT2D eigenvalue weighted by atomic mass is 9.99. The van der Waals surface area contributed by atoms with E-state index in [1.165, 1.54) is 5.56 Å². The molecule has 1 atom stereocenters. The number of amides is 1. The fourth-order valence-corrected chi connectivity index (χ4v) is 2.20. The Hall–Kier alpha value is -1.85. The molecule has 0 radical (unpaired) electrons. The maximum absolute atomic E-state index is 12.0. The molecular formula is C17H25ClN4O. The lowest BCUT2D eigenvalue weighted by Gasteiger charge is -2.14. The van der Waals surface area contributed by atoms with Crippen molar-refractivity contribution in [3.8, 4) is 0 Å². The Morgan fingerprint density at radius 1 is 1.26 bits per heavy atom.